The molecular formula is C16H10Cl2O4S. The summed E-state index contributed by atoms with van der Waals surface area (Å²) < 4.78 is 30.2. The van der Waals surface area contributed by atoms with Crippen LogP contribution in [0.15, 0.2) is 62.6 Å². The van der Waals surface area contributed by atoms with Crippen LogP contribution in [0.25, 0.3) is 11.0 Å². The third-order valence-electron chi connectivity index (χ3n) is 3.31. The predicted molar refractivity (Wildman–Crippen MR) is 89.8 cm³/mol. The van der Waals surface area contributed by atoms with Crippen LogP contribution in [0, 0.1) is 0 Å². The Labute approximate surface area is 142 Å². The molecule has 3 aromatic rings. The van der Waals surface area contributed by atoms with E-state index < -0.39 is 21.2 Å². The molecule has 0 aliphatic carbocycles. The second kappa shape index (κ2) is 6.00. The molecule has 0 unspecified atom stereocenters. The Hall–Kier alpha value is -1.82. The van der Waals surface area contributed by atoms with Crippen molar-refractivity contribution in [1.29, 1.82) is 0 Å². The van der Waals surface area contributed by atoms with Crippen molar-refractivity contribution < 1.29 is 12.8 Å². The van der Waals surface area contributed by atoms with Gasteiger partial charge in [-0.1, -0.05) is 47.5 Å². The Morgan fingerprint density at radius 2 is 1.74 bits per heavy atom. The molecule has 0 amide bonds. The van der Waals surface area contributed by atoms with E-state index in [2.05, 4.69) is 0 Å². The first-order valence-electron chi connectivity index (χ1n) is 6.56. The van der Waals surface area contributed by atoms with Crippen molar-refractivity contribution in [3.05, 3.63) is 74.6 Å². The van der Waals surface area contributed by atoms with Gasteiger partial charge < -0.3 is 4.42 Å². The number of hydrogen-bond donors (Lipinski definition) is 0. The first-order chi connectivity index (χ1) is 10.9. The van der Waals surface area contributed by atoms with Gasteiger partial charge in [-0.2, -0.15) is 0 Å². The molecular weight excluding hydrogens is 359 g/mol. The molecule has 7 heteroatoms. The Balaban J connectivity index is 2.09. The minimum Gasteiger partial charge on any atom is -0.422 e. The van der Waals surface area contributed by atoms with Gasteiger partial charge in [-0.15, -0.1) is 0 Å². The first kappa shape index (κ1) is 16.1. The molecule has 4 nitrogen and oxygen atoms in total. The topological polar surface area (TPSA) is 64.3 Å². The molecule has 0 radical (unpaired) electrons. The van der Waals surface area contributed by atoms with Crippen LogP contribution in [-0.4, -0.2) is 8.42 Å². The van der Waals surface area contributed by atoms with Gasteiger partial charge in [0.25, 0.3) is 0 Å². The average Bonchev–Trinajstić information content (AvgIpc) is 2.49. The lowest BCUT2D eigenvalue weighted by molar-refractivity contribution is 0.532. The molecule has 0 saturated heterocycles. The summed E-state index contributed by atoms with van der Waals surface area (Å²) in [5.74, 6) is -0.411. The lowest BCUT2D eigenvalue weighted by Crippen LogP contribution is -2.16. The highest BCUT2D eigenvalue weighted by atomic mass is 35.5. The van der Waals surface area contributed by atoms with Crippen LogP contribution in [0.5, 0.6) is 0 Å². The van der Waals surface area contributed by atoms with E-state index >= 15 is 0 Å². The molecule has 0 bridgehead atoms. The summed E-state index contributed by atoms with van der Waals surface area (Å²) in [4.78, 5) is 11.6. The number of sulfone groups is 1. The minimum absolute atomic E-state index is 0.228. The minimum atomic E-state index is -3.90. The van der Waals surface area contributed by atoms with Crippen molar-refractivity contribution in [3.8, 4) is 0 Å². The van der Waals surface area contributed by atoms with Crippen molar-refractivity contribution in [2.75, 3.05) is 0 Å². The molecule has 118 valence electrons. The van der Waals surface area contributed by atoms with Gasteiger partial charge >= 0.3 is 5.63 Å². The van der Waals surface area contributed by atoms with Gasteiger partial charge in [0.15, 0.2) is 14.7 Å². The van der Waals surface area contributed by atoms with Crippen molar-refractivity contribution in [2.24, 2.45) is 0 Å². The normalized spacial score (nSPS) is 11.7. The zero-order valence-corrected chi connectivity index (χ0v) is 14.0. The number of benzene rings is 2. The molecule has 1 aromatic heterocycles. The van der Waals surface area contributed by atoms with Crippen molar-refractivity contribution in [1.82, 2.24) is 0 Å². The Bertz CT molecular complexity index is 1060. The summed E-state index contributed by atoms with van der Waals surface area (Å²) >= 11 is 11.8. The van der Waals surface area contributed by atoms with E-state index in [0.29, 0.717) is 21.6 Å². The fourth-order valence-corrected chi connectivity index (χ4v) is 4.15. The van der Waals surface area contributed by atoms with E-state index in [4.69, 9.17) is 27.6 Å². The van der Waals surface area contributed by atoms with E-state index in [0.717, 1.165) is 0 Å². The maximum atomic E-state index is 12.6. The summed E-state index contributed by atoms with van der Waals surface area (Å²) in [6, 6.07) is 12.5. The third-order valence-corrected chi connectivity index (χ3v) is 5.54. The molecule has 0 saturated carbocycles. The molecule has 0 atom stereocenters. The zero-order chi connectivity index (χ0) is 16.6. The summed E-state index contributed by atoms with van der Waals surface area (Å²) in [6.07, 6.45) is 0. The molecule has 3 rings (SSSR count). The second-order valence-electron chi connectivity index (χ2n) is 4.93. The van der Waals surface area contributed by atoms with Crippen LogP contribution < -0.4 is 5.63 Å². The van der Waals surface area contributed by atoms with Gasteiger partial charge in [-0.05, 0) is 29.8 Å². The van der Waals surface area contributed by atoms with Crippen LogP contribution >= 0.6 is 23.2 Å². The predicted octanol–water partition coefficient (Wildman–Crippen LogP) is 4.07. The van der Waals surface area contributed by atoms with E-state index in [1.165, 1.54) is 18.2 Å². The van der Waals surface area contributed by atoms with E-state index in [1.54, 1.807) is 30.3 Å². The number of para-hydroxylation sites is 1. The maximum Gasteiger partial charge on any atom is 0.355 e. The fraction of sp³-hybridized carbons (Fsp3) is 0.0625. The van der Waals surface area contributed by atoms with Gasteiger partial charge in [0.1, 0.15) is 5.58 Å². The number of halogens is 2. The van der Waals surface area contributed by atoms with E-state index in [1.807, 2.05) is 0 Å². The SMILES string of the molecule is O=c1oc2ccccc2cc1S(=O)(=O)Cc1ccc(Cl)cc1Cl. The van der Waals surface area contributed by atoms with Crippen LogP contribution in [0.4, 0.5) is 0 Å². The molecule has 0 fully saturated rings. The maximum absolute atomic E-state index is 12.6. The summed E-state index contributed by atoms with van der Waals surface area (Å²) in [5, 5.41) is 1.17. The summed E-state index contributed by atoms with van der Waals surface area (Å²) in [7, 11) is -3.90. The smallest absolute Gasteiger partial charge is 0.355 e. The van der Waals surface area contributed by atoms with Gasteiger partial charge in [0.2, 0.25) is 0 Å². The Morgan fingerprint density at radius 3 is 2.48 bits per heavy atom. The number of rotatable bonds is 3. The summed E-state index contributed by atoms with van der Waals surface area (Å²) in [6.45, 7) is 0. The van der Waals surface area contributed by atoms with Crippen LogP contribution in [0.2, 0.25) is 10.0 Å². The molecule has 2 aromatic carbocycles. The molecule has 23 heavy (non-hydrogen) atoms. The largest absolute Gasteiger partial charge is 0.422 e. The van der Waals surface area contributed by atoms with Crippen LogP contribution in [0.3, 0.4) is 0 Å². The monoisotopic (exact) mass is 368 g/mol. The first-order valence-corrected chi connectivity index (χ1v) is 8.97. The van der Waals surface area contributed by atoms with Crippen LogP contribution in [0.1, 0.15) is 5.56 Å². The third kappa shape index (κ3) is 3.27. The molecule has 0 N–H and O–H groups in total. The van der Waals surface area contributed by atoms with E-state index in [-0.39, 0.29) is 9.92 Å². The lowest BCUT2D eigenvalue weighted by Gasteiger charge is -2.07. The molecule has 0 aliphatic heterocycles. The van der Waals surface area contributed by atoms with Crippen molar-refractivity contribution in [2.45, 2.75) is 10.6 Å². The van der Waals surface area contributed by atoms with Gasteiger partial charge in [-0.3, -0.25) is 0 Å². The van der Waals surface area contributed by atoms with Gasteiger partial charge in [0.05, 0.1) is 5.75 Å². The van der Waals surface area contributed by atoms with Gasteiger partial charge in [-0.25, -0.2) is 13.2 Å². The molecule has 0 spiro atoms. The average molecular weight is 369 g/mol. The highest BCUT2D eigenvalue weighted by Gasteiger charge is 2.22. The van der Waals surface area contributed by atoms with Crippen LogP contribution in [-0.2, 0) is 15.6 Å². The number of hydrogen-bond acceptors (Lipinski definition) is 4. The Morgan fingerprint density at radius 1 is 1.00 bits per heavy atom. The highest BCUT2D eigenvalue weighted by Crippen LogP contribution is 2.25. The van der Waals surface area contributed by atoms with Gasteiger partial charge in [0, 0.05) is 15.4 Å². The van der Waals surface area contributed by atoms with Crippen molar-refractivity contribution >= 4 is 44.0 Å². The molecule has 0 aliphatic rings. The quantitative estimate of drug-likeness (QED) is 0.653. The molecule has 1 heterocycles. The lowest BCUT2D eigenvalue weighted by atomic mass is 10.2. The van der Waals surface area contributed by atoms with E-state index in [9.17, 15) is 13.2 Å². The summed E-state index contributed by atoms with van der Waals surface area (Å²) in [5.41, 5.74) is -0.196. The Kier molecular flexibility index (Phi) is 4.19. The zero-order valence-electron chi connectivity index (χ0n) is 11.6. The fourth-order valence-electron chi connectivity index (χ4n) is 2.18. The second-order valence-corrected chi connectivity index (χ2v) is 7.73. The highest BCUT2D eigenvalue weighted by molar-refractivity contribution is 7.90. The number of fused-ring (bicyclic) bond motifs is 1. The van der Waals surface area contributed by atoms with Crippen molar-refractivity contribution in [3.63, 3.8) is 0 Å². The standard InChI is InChI=1S/C16H10Cl2O4S/c17-12-6-5-11(13(18)8-12)9-23(20,21)15-7-10-3-1-2-4-14(10)22-16(15)19/h1-8H,9H2.